The first-order valence-corrected chi connectivity index (χ1v) is 6.84. The number of para-hydroxylation sites is 1. The normalized spacial score (nSPS) is 10.4. The van der Waals surface area contributed by atoms with Gasteiger partial charge in [-0.3, -0.25) is 10.1 Å². The molecule has 2 aromatic carbocycles. The summed E-state index contributed by atoms with van der Waals surface area (Å²) < 4.78 is 0. The van der Waals surface area contributed by atoms with Crippen molar-refractivity contribution in [2.75, 3.05) is 5.73 Å². The minimum absolute atomic E-state index is 0.120. The molecule has 0 bridgehead atoms. The van der Waals surface area contributed by atoms with Crippen molar-refractivity contribution in [1.82, 2.24) is 0 Å². The highest BCUT2D eigenvalue weighted by atomic mass is 35.5. The monoisotopic (exact) mass is 294 g/mol. The van der Waals surface area contributed by atoms with Gasteiger partial charge in [-0.05, 0) is 18.2 Å². The van der Waals surface area contributed by atoms with Crippen LogP contribution in [0.25, 0.3) is 0 Å². The van der Waals surface area contributed by atoms with Crippen molar-refractivity contribution >= 4 is 34.7 Å². The van der Waals surface area contributed by atoms with E-state index in [9.17, 15) is 10.1 Å². The molecule has 2 N–H and O–H groups in total. The second-order valence-electron chi connectivity index (χ2n) is 3.86. The molecular weight excluding hydrogens is 284 g/mol. The van der Waals surface area contributed by atoms with Crippen molar-refractivity contribution in [2.45, 2.75) is 10.6 Å². The van der Waals surface area contributed by atoms with E-state index in [1.807, 2.05) is 0 Å². The van der Waals surface area contributed by atoms with Gasteiger partial charge in [0.25, 0.3) is 5.69 Å². The van der Waals surface area contributed by atoms with E-state index in [2.05, 4.69) is 0 Å². The Balaban J connectivity index is 2.19. The van der Waals surface area contributed by atoms with Crippen LogP contribution in [-0.2, 0) is 5.75 Å². The predicted molar refractivity (Wildman–Crippen MR) is 78.5 cm³/mol. The molecule has 0 atom stereocenters. The quantitative estimate of drug-likeness (QED) is 0.398. The number of rotatable bonds is 4. The van der Waals surface area contributed by atoms with Crippen LogP contribution < -0.4 is 5.73 Å². The van der Waals surface area contributed by atoms with Gasteiger partial charge in [0, 0.05) is 28.0 Å². The van der Waals surface area contributed by atoms with E-state index in [4.69, 9.17) is 17.3 Å². The van der Waals surface area contributed by atoms with Crippen LogP contribution in [-0.4, -0.2) is 4.92 Å². The van der Waals surface area contributed by atoms with Crippen molar-refractivity contribution in [3.63, 3.8) is 0 Å². The summed E-state index contributed by atoms with van der Waals surface area (Å²) in [4.78, 5) is 11.3. The second kappa shape index (κ2) is 5.95. The highest BCUT2D eigenvalue weighted by Crippen LogP contribution is 2.33. The zero-order valence-electron chi connectivity index (χ0n) is 9.88. The fraction of sp³-hybridized carbons (Fsp3) is 0.0769. The maximum atomic E-state index is 10.9. The fourth-order valence-electron chi connectivity index (χ4n) is 1.60. The Labute approximate surface area is 119 Å². The predicted octanol–water partition coefficient (Wildman–Crippen LogP) is 4.12. The van der Waals surface area contributed by atoms with Gasteiger partial charge in [0.2, 0.25) is 0 Å². The maximum Gasteiger partial charge on any atom is 0.273 e. The Hall–Kier alpha value is -1.72. The lowest BCUT2D eigenvalue weighted by Gasteiger charge is -2.06. The van der Waals surface area contributed by atoms with E-state index in [-0.39, 0.29) is 10.6 Å². The van der Waals surface area contributed by atoms with Gasteiger partial charge < -0.3 is 5.73 Å². The standard InChI is InChI=1S/C13H11ClN2O2S/c14-11-6-5-10(15)7-13(11)19-8-9-3-1-2-4-12(9)16(17)18/h1-7H,8,15H2. The van der Waals surface area contributed by atoms with Gasteiger partial charge in [0.05, 0.1) is 9.95 Å². The number of hydrogen-bond acceptors (Lipinski definition) is 4. The molecule has 0 spiro atoms. The molecule has 6 heteroatoms. The van der Waals surface area contributed by atoms with Gasteiger partial charge in [-0.2, -0.15) is 0 Å². The molecule has 0 aliphatic carbocycles. The van der Waals surface area contributed by atoms with Crippen LogP contribution >= 0.6 is 23.4 Å². The molecule has 4 nitrogen and oxygen atoms in total. The van der Waals surface area contributed by atoms with Gasteiger partial charge in [-0.25, -0.2) is 0 Å². The van der Waals surface area contributed by atoms with Gasteiger partial charge in [-0.1, -0.05) is 29.8 Å². The third-order valence-electron chi connectivity index (χ3n) is 2.53. The number of hydrogen-bond donors (Lipinski definition) is 1. The molecular formula is C13H11ClN2O2S. The van der Waals surface area contributed by atoms with Crippen molar-refractivity contribution in [3.05, 3.63) is 63.2 Å². The number of halogens is 1. The van der Waals surface area contributed by atoms with Crippen LogP contribution in [0.5, 0.6) is 0 Å². The van der Waals surface area contributed by atoms with Crippen molar-refractivity contribution < 1.29 is 4.92 Å². The SMILES string of the molecule is Nc1ccc(Cl)c(SCc2ccccc2[N+](=O)[O-])c1. The van der Waals surface area contributed by atoms with E-state index < -0.39 is 0 Å². The van der Waals surface area contributed by atoms with Crippen molar-refractivity contribution in [2.24, 2.45) is 0 Å². The topological polar surface area (TPSA) is 69.2 Å². The summed E-state index contributed by atoms with van der Waals surface area (Å²) in [6, 6.07) is 11.9. The summed E-state index contributed by atoms with van der Waals surface area (Å²) >= 11 is 7.48. The Morgan fingerprint density at radius 3 is 2.74 bits per heavy atom. The molecule has 98 valence electrons. The molecule has 0 aromatic heterocycles. The third kappa shape index (κ3) is 3.39. The number of nitrogen functional groups attached to an aromatic ring is 1. The number of nitro benzene ring substituents is 1. The molecule has 0 saturated carbocycles. The molecule has 0 fully saturated rings. The van der Waals surface area contributed by atoms with E-state index >= 15 is 0 Å². The first-order valence-electron chi connectivity index (χ1n) is 5.48. The second-order valence-corrected chi connectivity index (χ2v) is 5.29. The van der Waals surface area contributed by atoms with Crippen LogP contribution in [0.2, 0.25) is 5.02 Å². The van der Waals surface area contributed by atoms with E-state index in [1.165, 1.54) is 17.8 Å². The number of nitrogens with zero attached hydrogens (tertiary/aromatic N) is 1. The Morgan fingerprint density at radius 1 is 1.26 bits per heavy atom. The fourth-order valence-corrected chi connectivity index (χ4v) is 2.86. The average Bonchev–Trinajstić information content (AvgIpc) is 2.40. The van der Waals surface area contributed by atoms with Crippen LogP contribution in [0.1, 0.15) is 5.56 Å². The highest BCUT2D eigenvalue weighted by Gasteiger charge is 2.13. The molecule has 0 aliphatic heterocycles. The third-order valence-corrected chi connectivity index (χ3v) is 4.07. The molecule has 0 saturated heterocycles. The number of nitro groups is 1. The molecule has 0 radical (unpaired) electrons. The number of anilines is 1. The molecule has 0 aliphatic rings. The van der Waals surface area contributed by atoms with Gasteiger partial charge >= 0.3 is 0 Å². The number of thioether (sulfide) groups is 1. The molecule has 19 heavy (non-hydrogen) atoms. The molecule has 0 amide bonds. The Bertz CT molecular complexity index is 619. The Morgan fingerprint density at radius 2 is 2.00 bits per heavy atom. The lowest BCUT2D eigenvalue weighted by atomic mass is 10.2. The van der Waals surface area contributed by atoms with Crippen LogP contribution in [0.15, 0.2) is 47.4 Å². The summed E-state index contributed by atoms with van der Waals surface area (Å²) in [5, 5.41) is 11.5. The van der Waals surface area contributed by atoms with Gasteiger partial charge in [-0.15, -0.1) is 11.8 Å². The lowest BCUT2D eigenvalue weighted by molar-refractivity contribution is -0.385. The molecule has 0 unspecified atom stereocenters. The summed E-state index contributed by atoms with van der Waals surface area (Å²) in [5.74, 6) is 0.473. The number of benzene rings is 2. The first kappa shape index (κ1) is 13.7. The van der Waals surface area contributed by atoms with Crippen LogP contribution in [0, 0.1) is 10.1 Å². The van der Waals surface area contributed by atoms with Crippen molar-refractivity contribution in [3.8, 4) is 0 Å². The zero-order chi connectivity index (χ0) is 13.8. The van der Waals surface area contributed by atoms with E-state index in [1.54, 1.807) is 36.4 Å². The molecule has 2 aromatic rings. The molecule has 0 heterocycles. The van der Waals surface area contributed by atoms with E-state index in [0.717, 1.165) is 4.90 Å². The highest BCUT2D eigenvalue weighted by molar-refractivity contribution is 7.98. The van der Waals surface area contributed by atoms with Crippen LogP contribution in [0.3, 0.4) is 0 Å². The maximum absolute atomic E-state index is 10.9. The first-order chi connectivity index (χ1) is 9.08. The van der Waals surface area contributed by atoms with Gasteiger partial charge in [0.1, 0.15) is 0 Å². The Kier molecular flexibility index (Phi) is 4.29. The molecule has 2 rings (SSSR count). The smallest absolute Gasteiger partial charge is 0.273 e. The summed E-state index contributed by atoms with van der Waals surface area (Å²) in [6.45, 7) is 0. The summed E-state index contributed by atoms with van der Waals surface area (Å²) in [6.07, 6.45) is 0. The lowest BCUT2D eigenvalue weighted by Crippen LogP contribution is -1.93. The average molecular weight is 295 g/mol. The minimum atomic E-state index is -0.378. The van der Waals surface area contributed by atoms with Gasteiger partial charge in [0.15, 0.2) is 0 Å². The summed E-state index contributed by atoms with van der Waals surface area (Å²) in [5.41, 5.74) is 7.10. The largest absolute Gasteiger partial charge is 0.399 e. The van der Waals surface area contributed by atoms with Crippen LogP contribution in [0.4, 0.5) is 11.4 Å². The minimum Gasteiger partial charge on any atom is -0.399 e. The number of nitrogens with two attached hydrogens (primary N) is 1. The summed E-state index contributed by atoms with van der Waals surface area (Å²) in [7, 11) is 0. The van der Waals surface area contributed by atoms with E-state index in [0.29, 0.717) is 22.0 Å². The van der Waals surface area contributed by atoms with Crippen molar-refractivity contribution in [1.29, 1.82) is 0 Å². The zero-order valence-corrected chi connectivity index (χ0v) is 11.4.